The maximum atomic E-state index is 13.7. The second kappa shape index (κ2) is 12.5. The average Bonchev–Trinajstić information content (AvgIpc) is 2.73. The SMILES string of the molecule is CCOC(=O)/C(C)=C/[C@H](C(C)C)N(C)C(=O)C(NC(=O)[C@H]1CC[C@@H](CC)CN1C)C(C)(C)C. The number of piperidine rings is 1. The van der Waals surface area contributed by atoms with Crippen LogP contribution in [0.4, 0.5) is 0 Å². The molecule has 4 atom stereocenters. The number of hydrogen-bond donors (Lipinski definition) is 1. The van der Waals surface area contributed by atoms with Crippen molar-refractivity contribution in [3.8, 4) is 0 Å². The molecule has 0 aliphatic carbocycles. The van der Waals surface area contributed by atoms with Crippen molar-refractivity contribution in [1.82, 2.24) is 15.1 Å². The van der Waals surface area contributed by atoms with Gasteiger partial charge in [0.1, 0.15) is 6.04 Å². The number of likely N-dealkylation sites (N-methyl/N-ethyl adjacent to an activating group) is 2. The van der Waals surface area contributed by atoms with Crippen LogP contribution in [-0.2, 0) is 19.1 Å². The molecule has 190 valence electrons. The summed E-state index contributed by atoms with van der Waals surface area (Å²) >= 11 is 0. The quantitative estimate of drug-likeness (QED) is 0.416. The Morgan fingerprint density at radius 3 is 2.24 bits per heavy atom. The highest BCUT2D eigenvalue weighted by Crippen LogP contribution is 2.26. The normalized spacial score (nSPS) is 22.0. The Morgan fingerprint density at radius 1 is 1.18 bits per heavy atom. The zero-order valence-electron chi connectivity index (χ0n) is 22.5. The Balaban J connectivity index is 3.09. The molecule has 0 aromatic rings. The zero-order valence-corrected chi connectivity index (χ0v) is 22.5. The van der Waals surface area contributed by atoms with E-state index in [-0.39, 0.29) is 35.8 Å². The highest BCUT2D eigenvalue weighted by molar-refractivity contribution is 5.91. The van der Waals surface area contributed by atoms with Gasteiger partial charge in [0.2, 0.25) is 11.8 Å². The molecule has 7 heteroatoms. The van der Waals surface area contributed by atoms with E-state index in [4.69, 9.17) is 4.74 Å². The number of nitrogens with zero attached hydrogens (tertiary/aromatic N) is 2. The van der Waals surface area contributed by atoms with Crippen molar-refractivity contribution in [1.29, 1.82) is 0 Å². The minimum Gasteiger partial charge on any atom is -0.463 e. The molecular formula is C26H47N3O4. The van der Waals surface area contributed by atoms with Crippen molar-refractivity contribution in [3.05, 3.63) is 11.6 Å². The van der Waals surface area contributed by atoms with E-state index < -0.39 is 11.5 Å². The second-order valence-corrected chi connectivity index (χ2v) is 10.9. The largest absolute Gasteiger partial charge is 0.463 e. The van der Waals surface area contributed by atoms with Crippen molar-refractivity contribution < 1.29 is 19.1 Å². The van der Waals surface area contributed by atoms with Crippen molar-refractivity contribution >= 4 is 17.8 Å². The molecule has 1 N–H and O–H groups in total. The van der Waals surface area contributed by atoms with Gasteiger partial charge in [-0.25, -0.2) is 4.79 Å². The van der Waals surface area contributed by atoms with Crippen LogP contribution in [0.3, 0.4) is 0 Å². The maximum absolute atomic E-state index is 13.7. The summed E-state index contributed by atoms with van der Waals surface area (Å²) in [6.07, 6.45) is 4.74. The number of esters is 1. The van der Waals surface area contributed by atoms with Crippen LogP contribution in [0.15, 0.2) is 11.6 Å². The van der Waals surface area contributed by atoms with Crippen molar-refractivity contribution in [2.24, 2.45) is 17.3 Å². The van der Waals surface area contributed by atoms with Crippen LogP contribution < -0.4 is 5.32 Å². The summed E-state index contributed by atoms with van der Waals surface area (Å²) in [6, 6.07) is -1.20. The molecular weight excluding hydrogens is 418 g/mol. The Bertz CT molecular complexity index is 711. The number of likely N-dealkylation sites (tertiary alicyclic amines) is 1. The molecule has 0 saturated carbocycles. The third-order valence-electron chi connectivity index (χ3n) is 6.70. The standard InChI is InChI=1S/C26H47N3O4/c1-11-19-13-14-20(28(9)16-19)23(30)27-22(26(6,7)8)24(31)29(10)21(17(3)4)15-18(5)25(32)33-12-2/h15,17,19-22H,11-14,16H2,1-10H3,(H,27,30)/b18-15+/t19-,20-,21-,22?/m1/s1. The summed E-state index contributed by atoms with van der Waals surface area (Å²) < 4.78 is 5.10. The summed E-state index contributed by atoms with van der Waals surface area (Å²) in [5.41, 5.74) is 0.00240. The number of amides is 2. The van der Waals surface area contributed by atoms with E-state index in [1.807, 2.05) is 41.7 Å². The fraction of sp³-hybridized carbons (Fsp3) is 0.808. The first-order chi connectivity index (χ1) is 15.2. The maximum Gasteiger partial charge on any atom is 0.333 e. The van der Waals surface area contributed by atoms with E-state index in [1.165, 1.54) is 0 Å². The Labute approximate surface area is 201 Å². The van der Waals surface area contributed by atoms with Gasteiger partial charge >= 0.3 is 5.97 Å². The van der Waals surface area contributed by atoms with Gasteiger partial charge in [0, 0.05) is 19.2 Å². The molecule has 1 fully saturated rings. The molecule has 1 aliphatic rings. The van der Waals surface area contributed by atoms with Crippen molar-refractivity contribution in [2.75, 3.05) is 27.2 Å². The summed E-state index contributed by atoms with van der Waals surface area (Å²) in [4.78, 5) is 42.8. The van der Waals surface area contributed by atoms with Gasteiger partial charge in [-0.1, -0.05) is 54.0 Å². The molecule has 0 aromatic carbocycles. The molecule has 0 radical (unpaired) electrons. The molecule has 1 heterocycles. The monoisotopic (exact) mass is 465 g/mol. The molecule has 1 rings (SSSR count). The second-order valence-electron chi connectivity index (χ2n) is 10.9. The molecule has 1 aliphatic heterocycles. The summed E-state index contributed by atoms with van der Waals surface area (Å²) in [6.45, 7) is 16.8. The first-order valence-corrected chi connectivity index (χ1v) is 12.4. The van der Waals surface area contributed by atoms with Gasteiger partial charge in [0.05, 0.1) is 18.7 Å². The molecule has 2 amide bonds. The number of rotatable bonds is 9. The van der Waals surface area contributed by atoms with Gasteiger partial charge in [-0.3, -0.25) is 14.5 Å². The molecule has 33 heavy (non-hydrogen) atoms. The zero-order chi connectivity index (χ0) is 25.5. The van der Waals surface area contributed by atoms with Gasteiger partial charge < -0.3 is 15.0 Å². The van der Waals surface area contributed by atoms with Crippen LogP contribution >= 0.6 is 0 Å². The highest BCUT2D eigenvalue weighted by atomic mass is 16.5. The molecule has 0 aromatic heterocycles. The van der Waals surface area contributed by atoms with Gasteiger partial charge in [-0.05, 0) is 51.0 Å². The lowest BCUT2D eigenvalue weighted by Gasteiger charge is -2.40. The van der Waals surface area contributed by atoms with Gasteiger partial charge in [-0.15, -0.1) is 0 Å². The van der Waals surface area contributed by atoms with Crippen LogP contribution in [0.2, 0.25) is 0 Å². The lowest BCUT2D eigenvalue weighted by molar-refractivity contribution is -0.142. The van der Waals surface area contributed by atoms with Crippen LogP contribution in [0, 0.1) is 17.3 Å². The smallest absolute Gasteiger partial charge is 0.333 e. The van der Waals surface area contributed by atoms with E-state index in [9.17, 15) is 14.4 Å². The number of ether oxygens (including phenoxy) is 1. The van der Waals surface area contributed by atoms with Crippen LogP contribution in [-0.4, -0.2) is 73.0 Å². The number of carbonyl (C=O) groups is 3. The van der Waals surface area contributed by atoms with Crippen LogP contribution in [0.1, 0.15) is 74.7 Å². The number of nitrogens with one attached hydrogen (secondary N) is 1. The van der Waals surface area contributed by atoms with E-state index in [2.05, 4.69) is 17.1 Å². The predicted molar refractivity (Wildman–Crippen MR) is 133 cm³/mol. The molecule has 0 spiro atoms. The van der Waals surface area contributed by atoms with Crippen LogP contribution in [0.5, 0.6) is 0 Å². The van der Waals surface area contributed by atoms with E-state index >= 15 is 0 Å². The Morgan fingerprint density at radius 2 is 1.79 bits per heavy atom. The predicted octanol–water partition coefficient (Wildman–Crippen LogP) is 3.63. The molecule has 1 unspecified atom stereocenters. The molecule has 7 nitrogen and oxygen atoms in total. The lowest BCUT2D eigenvalue weighted by Crippen LogP contribution is -2.60. The highest BCUT2D eigenvalue weighted by Gasteiger charge is 2.39. The minimum atomic E-state index is -0.676. The molecule has 1 saturated heterocycles. The van der Waals surface area contributed by atoms with Gasteiger partial charge in [0.15, 0.2) is 0 Å². The van der Waals surface area contributed by atoms with E-state index in [1.54, 1.807) is 31.9 Å². The fourth-order valence-electron chi connectivity index (χ4n) is 4.46. The van der Waals surface area contributed by atoms with Crippen LogP contribution in [0.25, 0.3) is 0 Å². The average molecular weight is 466 g/mol. The van der Waals surface area contributed by atoms with E-state index in [0.29, 0.717) is 18.1 Å². The first-order valence-electron chi connectivity index (χ1n) is 12.4. The topological polar surface area (TPSA) is 79.0 Å². The van der Waals surface area contributed by atoms with Gasteiger partial charge in [-0.2, -0.15) is 0 Å². The summed E-state index contributed by atoms with van der Waals surface area (Å²) in [7, 11) is 3.73. The van der Waals surface area contributed by atoms with Crippen molar-refractivity contribution in [2.45, 2.75) is 92.8 Å². The third-order valence-corrected chi connectivity index (χ3v) is 6.70. The summed E-state index contributed by atoms with van der Waals surface area (Å²) in [5, 5.41) is 3.08. The fourth-order valence-corrected chi connectivity index (χ4v) is 4.46. The third kappa shape index (κ3) is 8.13. The first kappa shape index (κ1) is 29.1. The number of carbonyl (C=O) groups excluding carboxylic acids is 3. The van der Waals surface area contributed by atoms with Gasteiger partial charge in [0.25, 0.3) is 0 Å². The minimum absolute atomic E-state index is 0.0788. The van der Waals surface area contributed by atoms with E-state index in [0.717, 1.165) is 25.8 Å². The lowest BCUT2D eigenvalue weighted by atomic mass is 9.84. The Hall–Kier alpha value is -1.89. The number of hydrogen-bond acceptors (Lipinski definition) is 5. The summed E-state index contributed by atoms with van der Waals surface area (Å²) in [5.74, 6) is 0.0670. The van der Waals surface area contributed by atoms with Crippen molar-refractivity contribution in [3.63, 3.8) is 0 Å². The Kier molecular flexibility index (Phi) is 11.1. The molecule has 0 bridgehead atoms.